The van der Waals surface area contributed by atoms with Gasteiger partial charge in [-0.05, 0) is 45.4 Å². The molecule has 3 rings (SSSR count). The molecule has 2 aromatic rings. The molecular formula is C18H26N6O. The minimum absolute atomic E-state index is 0.0441. The van der Waals surface area contributed by atoms with E-state index in [0.29, 0.717) is 18.8 Å². The molecule has 2 aromatic heterocycles. The lowest BCUT2D eigenvalue weighted by Gasteiger charge is -2.32. The van der Waals surface area contributed by atoms with Crippen molar-refractivity contribution in [3.8, 4) is 0 Å². The molecule has 1 amide bonds. The first kappa shape index (κ1) is 17.5. The van der Waals surface area contributed by atoms with Gasteiger partial charge in [-0.15, -0.1) is 5.10 Å². The zero-order chi connectivity index (χ0) is 17.6. The maximum Gasteiger partial charge on any atom is 0.276 e. The summed E-state index contributed by atoms with van der Waals surface area (Å²) in [5, 5.41) is 8.34. The van der Waals surface area contributed by atoms with Crippen LogP contribution in [0, 0.1) is 0 Å². The van der Waals surface area contributed by atoms with Gasteiger partial charge in [-0.3, -0.25) is 14.7 Å². The van der Waals surface area contributed by atoms with Gasteiger partial charge in [0.25, 0.3) is 5.91 Å². The van der Waals surface area contributed by atoms with Gasteiger partial charge in [0.15, 0.2) is 5.69 Å². The first-order chi connectivity index (χ1) is 12.2. The fraction of sp³-hybridized carbons (Fsp3) is 0.556. The molecule has 0 aromatic carbocycles. The molecule has 1 saturated heterocycles. The van der Waals surface area contributed by atoms with Crippen molar-refractivity contribution in [2.24, 2.45) is 0 Å². The summed E-state index contributed by atoms with van der Waals surface area (Å²) < 4.78 is 1.86. The molecule has 0 N–H and O–H groups in total. The molecule has 1 atom stereocenters. The van der Waals surface area contributed by atoms with Crippen LogP contribution in [0.15, 0.2) is 30.6 Å². The number of carbonyl (C=O) groups excluding carboxylic acids is 1. The predicted octanol–water partition coefficient (Wildman–Crippen LogP) is 1.99. The van der Waals surface area contributed by atoms with E-state index >= 15 is 0 Å². The van der Waals surface area contributed by atoms with Gasteiger partial charge in [-0.2, -0.15) is 0 Å². The highest BCUT2D eigenvalue weighted by atomic mass is 16.2. The van der Waals surface area contributed by atoms with Crippen molar-refractivity contribution in [3.63, 3.8) is 0 Å². The molecule has 134 valence electrons. The van der Waals surface area contributed by atoms with Gasteiger partial charge in [-0.25, -0.2) is 4.68 Å². The molecule has 0 bridgehead atoms. The zero-order valence-corrected chi connectivity index (χ0v) is 15.0. The van der Waals surface area contributed by atoms with Crippen LogP contribution in [0.4, 0.5) is 0 Å². The first-order valence-corrected chi connectivity index (χ1v) is 9.04. The normalized spacial score (nSPS) is 18.2. The first-order valence-electron chi connectivity index (χ1n) is 9.04. The van der Waals surface area contributed by atoms with E-state index in [-0.39, 0.29) is 11.9 Å². The molecule has 1 aliphatic heterocycles. The summed E-state index contributed by atoms with van der Waals surface area (Å²) in [6.07, 6.45) is 5.80. The summed E-state index contributed by atoms with van der Waals surface area (Å²) in [4.78, 5) is 21.0. The van der Waals surface area contributed by atoms with Crippen LogP contribution in [0.1, 0.15) is 48.9 Å². The molecule has 25 heavy (non-hydrogen) atoms. The molecular weight excluding hydrogens is 316 g/mol. The van der Waals surface area contributed by atoms with Crippen molar-refractivity contribution < 1.29 is 4.79 Å². The SMILES string of the molecule is CCN(CC)C(=O)c1cn(C2CCCN(Cc3ccccn3)C2)nn1. The van der Waals surface area contributed by atoms with Crippen LogP contribution in [0.3, 0.4) is 0 Å². The molecule has 0 aliphatic carbocycles. The smallest absolute Gasteiger partial charge is 0.276 e. The molecule has 7 nitrogen and oxygen atoms in total. The average molecular weight is 342 g/mol. The summed E-state index contributed by atoms with van der Waals surface area (Å²) in [7, 11) is 0. The van der Waals surface area contributed by atoms with Crippen molar-refractivity contribution in [1.82, 2.24) is 29.8 Å². The molecule has 7 heteroatoms. The predicted molar refractivity (Wildman–Crippen MR) is 95.1 cm³/mol. The molecule has 0 radical (unpaired) electrons. The van der Waals surface area contributed by atoms with Crippen molar-refractivity contribution >= 4 is 5.91 Å². The topological polar surface area (TPSA) is 67.2 Å². The van der Waals surface area contributed by atoms with Gasteiger partial charge in [0.05, 0.1) is 17.9 Å². The lowest BCUT2D eigenvalue weighted by atomic mass is 10.1. The maximum atomic E-state index is 12.4. The van der Waals surface area contributed by atoms with Crippen LogP contribution in [0.5, 0.6) is 0 Å². The van der Waals surface area contributed by atoms with E-state index < -0.39 is 0 Å². The van der Waals surface area contributed by atoms with E-state index in [1.165, 1.54) is 0 Å². The highest BCUT2D eigenvalue weighted by Gasteiger charge is 2.24. The van der Waals surface area contributed by atoms with E-state index in [2.05, 4.69) is 26.3 Å². The minimum Gasteiger partial charge on any atom is -0.338 e. The highest BCUT2D eigenvalue weighted by molar-refractivity contribution is 5.91. The van der Waals surface area contributed by atoms with Crippen molar-refractivity contribution in [1.29, 1.82) is 0 Å². The second-order valence-corrected chi connectivity index (χ2v) is 6.41. The van der Waals surface area contributed by atoms with Crippen molar-refractivity contribution in [2.75, 3.05) is 26.2 Å². The standard InChI is InChI=1S/C18H26N6O/c1-3-23(4-2)18(25)17-14-24(21-20-17)16-9-7-11-22(13-16)12-15-8-5-6-10-19-15/h5-6,8,10,14,16H,3-4,7,9,11-13H2,1-2H3. The van der Waals surface area contributed by atoms with E-state index in [0.717, 1.165) is 38.2 Å². The van der Waals surface area contributed by atoms with E-state index in [4.69, 9.17) is 0 Å². The summed E-state index contributed by atoms with van der Waals surface area (Å²) >= 11 is 0. The summed E-state index contributed by atoms with van der Waals surface area (Å²) in [5.41, 5.74) is 1.52. The summed E-state index contributed by atoms with van der Waals surface area (Å²) in [6.45, 7) is 8.13. The Morgan fingerprint density at radius 3 is 2.88 bits per heavy atom. The Morgan fingerprint density at radius 2 is 2.16 bits per heavy atom. The van der Waals surface area contributed by atoms with Crippen LogP contribution in [-0.2, 0) is 6.54 Å². The number of likely N-dealkylation sites (tertiary alicyclic amines) is 1. The number of rotatable bonds is 6. The highest BCUT2D eigenvalue weighted by Crippen LogP contribution is 2.22. The monoisotopic (exact) mass is 342 g/mol. The second kappa shape index (κ2) is 8.20. The Kier molecular flexibility index (Phi) is 5.75. The Morgan fingerprint density at radius 1 is 1.32 bits per heavy atom. The number of amides is 1. The Hall–Kier alpha value is -2.28. The number of hydrogen-bond acceptors (Lipinski definition) is 5. The van der Waals surface area contributed by atoms with Crippen molar-refractivity contribution in [3.05, 3.63) is 42.0 Å². The van der Waals surface area contributed by atoms with E-state index in [9.17, 15) is 4.79 Å². The Bertz CT molecular complexity index is 682. The van der Waals surface area contributed by atoms with Gasteiger partial charge < -0.3 is 4.90 Å². The number of carbonyl (C=O) groups is 1. The van der Waals surface area contributed by atoms with Crippen LogP contribution >= 0.6 is 0 Å². The van der Waals surface area contributed by atoms with Gasteiger partial charge in [0, 0.05) is 32.4 Å². The fourth-order valence-electron chi connectivity index (χ4n) is 3.34. The van der Waals surface area contributed by atoms with Crippen LogP contribution in [0.25, 0.3) is 0 Å². The summed E-state index contributed by atoms with van der Waals surface area (Å²) in [6, 6.07) is 6.27. The van der Waals surface area contributed by atoms with E-state index in [1.807, 2.05) is 36.9 Å². The molecule has 1 fully saturated rings. The third-order valence-electron chi connectivity index (χ3n) is 4.75. The molecule has 3 heterocycles. The van der Waals surface area contributed by atoms with Crippen LogP contribution in [0.2, 0.25) is 0 Å². The number of hydrogen-bond donors (Lipinski definition) is 0. The van der Waals surface area contributed by atoms with Gasteiger partial charge >= 0.3 is 0 Å². The van der Waals surface area contributed by atoms with Crippen LogP contribution in [-0.4, -0.2) is 61.9 Å². The maximum absolute atomic E-state index is 12.4. The van der Waals surface area contributed by atoms with E-state index in [1.54, 1.807) is 11.1 Å². The van der Waals surface area contributed by atoms with Crippen LogP contribution < -0.4 is 0 Å². The molecule has 1 unspecified atom stereocenters. The molecule has 1 aliphatic rings. The number of nitrogens with zero attached hydrogens (tertiary/aromatic N) is 6. The molecule has 0 saturated carbocycles. The number of aromatic nitrogens is 4. The minimum atomic E-state index is -0.0441. The zero-order valence-electron chi connectivity index (χ0n) is 15.0. The van der Waals surface area contributed by atoms with Crippen molar-refractivity contribution in [2.45, 2.75) is 39.3 Å². The van der Waals surface area contributed by atoms with Gasteiger partial charge in [0.2, 0.25) is 0 Å². The quantitative estimate of drug-likeness (QED) is 0.803. The Balaban J connectivity index is 1.65. The number of piperidine rings is 1. The molecule has 0 spiro atoms. The number of pyridine rings is 1. The average Bonchev–Trinajstić information content (AvgIpc) is 3.14. The fourth-order valence-corrected chi connectivity index (χ4v) is 3.34. The second-order valence-electron chi connectivity index (χ2n) is 6.41. The Labute approximate surface area is 148 Å². The largest absolute Gasteiger partial charge is 0.338 e. The summed E-state index contributed by atoms with van der Waals surface area (Å²) in [5.74, 6) is -0.0441. The van der Waals surface area contributed by atoms with Gasteiger partial charge in [-0.1, -0.05) is 11.3 Å². The lowest BCUT2D eigenvalue weighted by molar-refractivity contribution is 0.0767. The third kappa shape index (κ3) is 4.22. The third-order valence-corrected chi connectivity index (χ3v) is 4.75. The lowest BCUT2D eigenvalue weighted by Crippen LogP contribution is -2.36. The van der Waals surface area contributed by atoms with Gasteiger partial charge in [0.1, 0.15) is 0 Å².